The van der Waals surface area contributed by atoms with Gasteiger partial charge in [0, 0.05) is 28.6 Å². The lowest BCUT2D eigenvalue weighted by atomic mass is 9.77. The molecule has 2 aliphatic rings. The van der Waals surface area contributed by atoms with Crippen molar-refractivity contribution in [3.63, 3.8) is 0 Å². The van der Waals surface area contributed by atoms with Gasteiger partial charge in [-0.2, -0.15) is 0 Å². The zero-order valence-corrected chi connectivity index (χ0v) is 13.2. The van der Waals surface area contributed by atoms with E-state index in [0.29, 0.717) is 12.0 Å². The first-order valence-corrected chi connectivity index (χ1v) is 8.50. The highest BCUT2D eigenvalue weighted by molar-refractivity contribution is 7.09. The van der Waals surface area contributed by atoms with Gasteiger partial charge in [-0.3, -0.25) is 5.32 Å². The Morgan fingerprint density at radius 2 is 2.14 bits per heavy atom. The molecule has 1 saturated carbocycles. The van der Waals surface area contributed by atoms with Gasteiger partial charge in [0.05, 0.1) is 6.61 Å². The van der Waals surface area contributed by atoms with Gasteiger partial charge in [-0.1, -0.05) is 25.1 Å². The molecule has 1 aromatic carbocycles. The van der Waals surface area contributed by atoms with Crippen molar-refractivity contribution in [1.29, 1.82) is 0 Å². The summed E-state index contributed by atoms with van der Waals surface area (Å²) in [7, 11) is 0. The third-order valence-corrected chi connectivity index (χ3v) is 5.60. The Bertz CT molecular complexity index is 664. The molecule has 2 unspecified atom stereocenters. The van der Waals surface area contributed by atoms with Gasteiger partial charge in [0.1, 0.15) is 16.3 Å². The number of aryl methyl sites for hydroxylation is 1. The van der Waals surface area contributed by atoms with Crippen LogP contribution in [0.3, 0.4) is 0 Å². The molecule has 1 aliphatic heterocycles. The Kier molecular flexibility index (Phi) is 3.05. The van der Waals surface area contributed by atoms with E-state index in [2.05, 4.69) is 42.7 Å². The van der Waals surface area contributed by atoms with Crippen LogP contribution in [0.2, 0.25) is 0 Å². The molecule has 21 heavy (non-hydrogen) atoms. The molecule has 0 amide bonds. The Balaban J connectivity index is 1.92. The van der Waals surface area contributed by atoms with Crippen molar-refractivity contribution >= 4 is 11.3 Å². The quantitative estimate of drug-likeness (QED) is 0.942. The molecule has 1 aromatic heterocycles. The predicted molar refractivity (Wildman–Crippen MR) is 84.9 cm³/mol. The highest BCUT2D eigenvalue weighted by Crippen LogP contribution is 2.47. The van der Waals surface area contributed by atoms with Crippen LogP contribution in [0.4, 0.5) is 0 Å². The maximum absolute atomic E-state index is 5.96. The van der Waals surface area contributed by atoms with Crippen LogP contribution < -0.4 is 10.1 Å². The highest BCUT2D eigenvalue weighted by Gasteiger charge is 2.49. The smallest absolute Gasteiger partial charge is 0.124 e. The number of fused-ring (bicyclic) bond motifs is 1. The van der Waals surface area contributed by atoms with Gasteiger partial charge in [0.25, 0.3) is 0 Å². The number of hydrogen-bond donors (Lipinski definition) is 1. The fraction of sp³-hybridized carbons (Fsp3) is 0.471. The van der Waals surface area contributed by atoms with E-state index in [1.165, 1.54) is 23.4 Å². The molecule has 0 bridgehead atoms. The number of rotatable bonds is 3. The van der Waals surface area contributed by atoms with Crippen LogP contribution in [0.5, 0.6) is 5.75 Å². The third kappa shape index (κ3) is 2.09. The zero-order valence-electron chi connectivity index (χ0n) is 12.4. The van der Waals surface area contributed by atoms with Crippen molar-refractivity contribution in [3.05, 3.63) is 45.9 Å². The predicted octanol–water partition coefficient (Wildman–Crippen LogP) is 3.48. The summed E-state index contributed by atoms with van der Waals surface area (Å²) in [5.74, 6) is 1.36. The minimum absolute atomic E-state index is 0.199. The standard InChI is InChI=1S/C17H20N2OS/c1-11-9-20-15-6-4-3-5-14(15)17(11,19-13-7-8-13)16-18-12(2)10-21-16/h3-6,10-11,13,19H,7-9H2,1-2H3. The minimum atomic E-state index is -0.199. The first kappa shape index (κ1) is 13.3. The SMILES string of the molecule is Cc1csc(C2(NC3CC3)c3ccccc3OCC2C)n1. The second-order valence-electron chi connectivity index (χ2n) is 6.23. The van der Waals surface area contributed by atoms with Gasteiger partial charge in [-0.05, 0) is 25.8 Å². The topological polar surface area (TPSA) is 34.1 Å². The van der Waals surface area contributed by atoms with Crippen LogP contribution in [0.15, 0.2) is 29.6 Å². The van der Waals surface area contributed by atoms with Gasteiger partial charge in [0.15, 0.2) is 0 Å². The first-order chi connectivity index (χ1) is 10.2. The lowest BCUT2D eigenvalue weighted by molar-refractivity contribution is 0.138. The molecule has 1 aliphatic carbocycles. The summed E-state index contributed by atoms with van der Waals surface area (Å²) in [5.41, 5.74) is 2.14. The van der Waals surface area contributed by atoms with E-state index in [1.54, 1.807) is 11.3 Å². The second kappa shape index (κ2) is 4.82. The van der Waals surface area contributed by atoms with Crippen LogP contribution in [0, 0.1) is 12.8 Å². The number of nitrogens with one attached hydrogen (secondary N) is 1. The highest BCUT2D eigenvalue weighted by atomic mass is 32.1. The summed E-state index contributed by atoms with van der Waals surface area (Å²) in [6, 6.07) is 9.03. The summed E-state index contributed by atoms with van der Waals surface area (Å²) in [5, 5.41) is 7.24. The van der Waals surface area contributed by atoms with Gasteiger partial charge >= 0.3 is 0 Å². The van der Waals surface area contributed by atoms with Gasteiger partial charge in [-0.25, -0.2) is 4.98 Å². The lowest BCUT2D eigenvalue weighted by Crippen LogP contribution is -2.53. The average molecular weight is 300 g/mol. The number of hydrogen-bond acceptors (Lipinski definition) is 4. The molecule has 0 saturated heterocycles. The zero-order chi connectivity index (χ0) is 14.4. The van der Waals surface area contributed by atoms with Gasteiger partial charge in [-0.15, -0.1) is 11.3 Å². The summed E-state index contributed by atoms with van der Waals surface area (Å²) in [6.45, 7) is 5.07. The minimum Gasteiger partial charge on any atom is -0.493 e. The van der Waals surface area contributed by atoms with Crippen molar-refractivity contribution in [2.75, 3.05) is 6.61 Å². The Hall–Kier alpha value is -1.39. The summed E-state index contributed by atoms with van der Waals surface area (Å²) in [6.07, 6.45) is 2.53. The third-order valence-electron chi connectivity index (χ3n) is 4.51. The van der Waals surface area contributed by atoms with Crippen molar-refractivity contribution in [1.82, 2.24) is 10.3 Å². The summed E-state index contributed by atoms with van der Waals surface area (Å²) in [4.78, 5) is 4.84. The number of ether oxygens (including phenoxy) is 1. The van der Waals surface area contributed by atoms with Crippen LogP contribution in [0.25, 0.3) is 0 Å². The van der Waals surface area contributed by atoms with Crippen molar-refractivity contribution < 1.29 is 4.74 Å². The molecular formula is C17H20N2OS. The Morgan fingerprint density at radius 3 is 2.86 bits per heavy atom. The molecule has 3 nitrogen and oxygen atoms in total. The summed E-state index contributed by atoms with van der Waals surface area (Å²) >= 11 is 1.76. The van der Waals surface area contributed by atoms with E-state index in [1.807, 2.05) is 6.07 Å². The lowest BCUT2D eigenvalue weighted by Gasteiger charge is -2.43. The number of thiazole rings is 1. The normalized spacial score (nSPS) is 28.0. The fourth-order valence-corrected chi connectivity index (χ4v) is 4.30. The molecular weight excluding hydrogens is 280 g/mol. The maximum atomic E-state index is 5.96. The number of aromatic nitrogens is 1. The molecule has 0 radical (unpaired) electrons. The molecule has 2 aromatic rings. The van der Waals surface area contributed by atoms with E-state index in [0.717, 1.165) is 18.1 Å². The van der Waals surface area contributed by atoms with E-state index >= 15 is 0 Å². The van der Waals surface area contributed by atoms with E-state index in [4.69, 9.17) is 9.72 Å². The van der Waals surface area contributed by atoms with Gasteiger partial charge in [0.2, 0.25) is 0 Å². The monoisotopic (exact) mass is 300 g/mol. The van der Waals surface area contributed by atoms with E-state index in [9.17, 15) is 0 Å². The van der Waals surface area contributed by atoms with Crippen molar-refractivity contribution in [2.24, 2.45) is 5.92 Å². The van der Waals surface area contributed by atoms with E-state index < -0.39 is 0 Å². The van der Waals surface area contributed by atoms with Crippen LogP contribution in [-0.2, 0) is 5.54 Å². The Labute approximate surface area is 129 Å². The van der Waals surface area contributed by atoms with Crippen molar-refractivity contribution in [2.45, 2.75) is 38.3 Å². The van der Waals surface area contributed by atoms with Crippen LogP contribution >= 0.6 is 11.3 Å². The molecule has 2 atom stereocenters. The molecule has 2 heterocycles. The second-order valence-corrected chi connectivity index (χ2v) is 7.09. The number of benzene rings is 1. The van der Waals surface area contributed by atoms with Gasteiger partial charge < -0.3 is 4.74 Å². The number of nitrogens with zero attached hydrogens (tertiary/aromatic N) is 1. The molecule has 4 rings (SSSR count). The van der Waals surface area contributed by atoms with Crippen LogP contribution in [0.1, 0.15) is 36.0 Å². The average Bonchev–Trinajstić information content (AvgIpc) is 3.21. The van der Waals surface area contributed by atoms with Crippen molar-refractivity contribution in [3.8, 4) is 5.75 Å². The molecule has 0 spiro atoms. The largest absolute Gasteiger partial charge is 0.493 e. The summed E-state index contributed by atoms with van der Waals surface area (Å²) < 4.78 is 5.96. The molecule has 110 valence electrons. The van der Waals surface area contributed by atoms with E-state index in [-0.39, 0.29) is 5.54 Å². The van der Waals surface area contributed by atoms with Crippen LogP contribution in [-0.4, -0.2) is 17.6 Å². The first-order valence-electron chi connectivity index (χ1n) is 7.63. The fourth-order valence-electron chi connectivity index (χ4n) is 3.22. The maximum Gasteiger partial charge on any atom is 0.124 e. The Morgan fingerprint density at radius 1 is 1.33 bits per heavy atom. The molecule has 1 fully saturated rings. The molecule has 1 N–H and O–H groups in total. The molecule has 4 heteroatoms. The number of para-hydroxylation sites is 1.